The molecule has 5 rings (SSSR count). The number of nitrogens with one attached hydrogen (secondary N) is 1. The number of hydrogen-bond donors (Lipinski definition) is 1. The molecule has 178 valence electrons. The van der Waals surface area contributed by atoms with Crippen LogP contribution in [-0.2, 0) is 12.8 Å². The van der Waals surface area contributed by atoms with Crippen molar-refractivity contribution >= 4 is 21.4 Å². The fourth-order valence-electron chi connectivity index (χ4n) is 4.31. The van der Waals surface area contributed by atoms with Crippen LogP contribution in [0.25, 0.3) is 20.5 Å². The van der Waals surface area contributed by atoms with Gasteiger partial charge in [-0.3, -0.25) is 0 Å². The molecule has 1 aromatic heterocycles. The van der Waals surface area contributed by atoms with Gasteiger partial charge in [0, 0.05) is 9.58 Å². The number of piperidine rings is 1. The van der Waals surface area contributed by atoms with Crippen molar-refractivity contribution in [3.05, 3.63) is 83.4 Å². The summed E-state index contributed by atoms with van der Waals surface area (Å²) >= 11 is 1.83. The predicted molar refractivity (Wildman–Crippen MR) is 146 cm³/mol. The molecule has 1 N–H and O–H groups in total. The Kier molecular flexibility index (Phi) is 8.62. The lowest BCUT2D eigenvalue weighted by atomic mass is 9.98. The smallest absolute Gasteiger partial charge is 0.120 e. The van der Waals surface area contributed by atoms with Crippen LogP contribution in [0.3, 0.4) is 0 Å². The van der Waals surface area contributed by atoms with Gasteiger partial charge < -0.3 is 14.8 Å². The molecule has 3 aromatic carbocycles. The van der Waals surface area contributed by atoms with Gasteiger partial charge >= 0.3 is 0 Å². The first kappa shape index (κ1) is 24.3. The molecule has 0 bridgehead atoms. The van der Waals surface area contributed by atoms with E-state index in [4.69, 9.17) is 9.47 Å². The van der Waals surface area contributed by atoms with Crippen LogP contribution < -0.4 is 14.8 Å². The summed E-state index contributed by atoms with van der Waals surface area (Å²) in [6.45, 7) is 4.69. The molecule has 0 aliphatic carbocycles. The van der Waals surface area contributed by atoms with E-state index in [0.717, 1.165) is 24.3 Å². The molecular weight excluding hydrogens is 438 g/mol. The summed E-state index contributed by atoms with van der Waals surface area (Å²) in [5.41, 5.74) is 5.31. The predicted octanol–water partition coefficient (Wildman–Crippen LogP) is 7.50. The highest BCUT2D eigenvalue weighted by Gasteiger charge is 2.15. The number of thiophene rings is 1. The monoisotopic (exact) mass is 473 g/mol. The molecule has 1 fully saturated rings. The maximum absolute atomic E-state index is 5.44. The number of fused-ring (bicyclic) bond motifs is 1. The molecule has 4 heteroatoms. The number of benzene rings is 3. The summed E-state index contributed by atoms with van der Waals surface area (Å²) in [5, 5.41) is 4.59. The van der Waals surface area contributed by atoms with Gasteiger partial charge in [-0.05, 0) is 109 Å². The Bertz CT molecular complexity index is 1160. The maximum Gasteiger partial charge on any atom is 0.120 e. The van der Waals surface area contributed by atoms with Crippen LogP contribution in [0.1, 0.15) is 42.9 Å². The van der Waals surface area contributed by atoms with Crippen molar-refractivity contribution in [3.8, 4) is 21.9 Å². The van der Waals surface area contributed by atoms with Gasteiger partial charge in [0.2, 0.25) is 0 Å². The Morgan fingerprint density at radius 1 is 0.765 bits per heavy atom. The van der Waals surface area contributed by atoms with Crippen LogP contribution in [0.15, 0.2) is 66.7 Å². The molecule has 0 saturated carbocycles. The standard InChI is InChI=1S/C25H24O2S.C5H11N/c1-4-17-5-7-18(8-6-17)15-23-22-14-13-21(27-3)16-24(22)28-25(23)19-9-11-20(26-2)12-10-19;1-2-4-6-5-3-1/h5-14,16H,4,15H2,1-3H3;6H,1-5H2. The average Bonchev–Trinajstić information content (AvgIpc) is 3.27. The zero-order valence-electron chi connectivity index (χ0n) is 20.5. The van der Waals surface area contributed by atoms with E-state index in [1.54, 1.807) is 14.2 Å². The largest absolute Gasteiger partial charge is 0.497 e. The Morgan fingerprint density at radius 3 is 1.97 bits per heavy atom. The van der Waals surface area contributed by atoms with Crippen LogP contribution in [0, 0.1) is 0 Å². The molecule has 2 heterocycles. The Balaban J connectivity index is 0.000000398. The maximum atomic E-state index is 5.44. The Hall–Kier alpha value is -2.82. The normalized spacial score (nSPS) is 13.3. The highest BCUT2D eigenvalue weighted by Crippen LogP contribution is 2.41. The van der Waals surface area contributed by atoms with E-state index in [-0.39, 0.29) is 0 Å². The molecule has 0 unspecified atom stereocenters. The summed E-state index contributed by atoms with van der Waals surface area (Å²) in [6, 6.07) is 23.7. The van der Waals surface area contributed by atoms with Gasteiger partial charge in [0.05, 0.1) is 14.2 Å². The number of hydrogen-bond acceptors (Lipinski definition) is 4. The van der Waals surface area contributed by atoms with E-state index < -0.39 is 0 Å². The van der Waals surface area contributed by atoms with Gasteiger partial charge in [-0.15, -0.1) is 11.3 Å². The number of ether oxygens (including phenoxy) is 2. The number of methoxy groups -OCH3 is 2. The van der Waals surface area contributed by atoms with Gasteiger partial charge in [0.15, 0.2) is 0 Å². The van der Waals surface area contributed by atoms with Crippen molar-refractivity contribution in [2.75, 3.05) is 27.3 Å². The Labute approximate surface area is 207 Å². The molecule has 4 aromatic rings. The summed E-state index contributed by atoms with van der Waals surface area (Å²) in [4.78, 5) is 1.31. The molecular formula is C30H35NO2S. The third kappa shape index (κ3) is 5.99. The van der Waals surface area contributed by atoms with Crippen molar-refractivity contribution in [1.29, 1.82) is 0 Å². The molecule has 1 aliphatic rings. The van der Waals surface area contributed by atoms with Crippen LogP contribution in [0.4, 0.5) is 0 Å². The minimum Gasteiger partial charge on any atom is -0.497 e. The lowest BCUT2D eigenvalue weighted by Gasteiger charge is -2.08. The number of aryl methyl sites for hydroxylation is 1. The first-order valence-corrected chi connectivity index (χ1v) is 13.1. The molecule has 0 amide bonds. The van der Waals surface area contributed by atoms with E-state index in [0.29, 0.717) is 0 Å². The fraction of sp³-hybridized carbons (Fsp3) is 0.333. The summed E-state index contributed by atoms with van der Waals surface area (Å²) in [6.07, 6.45) is 6.20. The van der Waals surface area contributed by atoms with Crippen LogP contribution in [-0.4, -0.2) is 27.3 Å². The highest BCUT2D eigenvalue weighted by atomic mass is 32.1. The third-order valence-corrected chi connectivity index (χ3v) is 7.62. The summed E-state index contributed by atoms with van der Waals surface area (Å²) in [7, 11) is 3.42. The van der Waals surface area contributed by atoms with E-state index in [9.17, 15) is 0 Å². The van der Waals surface area contributed by atoms with Crippen LogP contribution in [0.5, 0.6) is 11.5 Å². The van der Waals surface area contributed by atoms with E-state index in [1.165, 1.54) is 69.6 Å². The molecule has 1 saturated heterocycles. The fourth-order valence-corrected chi connectivity index (χ4v) is 5.56. The van der Waals surface area contributed by atoms with Gasteiger partial charge in [0.25, 0.3) is 0 Å². The molecule has 34 heavy (non-hydrogen) atoms. The van der Waals surface area contributed by atoms with Gasteiger partial charge in [0.1, 0.15) is 11.5 Å². The first-order chi connectivity index (χ1) is 16.7. The third-order valence-electron chi connectivity index (χ3n) is 6.37. The van der Waals surface area contributed by atoms with Gasteiger partial charge in [-0.1, -0.05) is 37.6 Å². The van der Waals surface area contributed by atoms with Crippen molar-refractivity contribution in [2.45, 2.75) is 39.0 Å². The van der Waals surface area contributed by atoms with Crippen molar-refractivity contribution in [3.63, 3.8) is 0 Å². The topological polar surface area (TPSA) is 30.5 Å². The quantitative estimate of drug-likeness (QED) is 0.314. The second kappa shape index (κ2) is 12.0. The van der Waals surface area contributed by atoms with Crippen LogP contribution >= 0.6 is 11.3 Å². The zero-order chi connectivity index (χ0) is 23.8. The zero-order valence-corrected chi connectivity index (χ0v) is 21.3. The van der Waals surface area contributed by atoms with E-state index in [2.05, 4.69) is 66.8 Å². The van der Waals surface area contributed by atoms with E-state index >= 15 is 0 Å². The second-order valence-corrected chi connectivity index (χ2v) is 9.71. The van der Waals surface area contributed by atoms with Crippen LogP contribution in [0.2, 0.25) is 0 Å². The summed E-state index contributed by atoms with van der Waals surface area (Å²) < 4.78 is 12.0. The SMILES string of the molecule is C1CCNCC1.CCc1ccc(Cc2c(-c3ccc(OC)cc3)sc3cc(OC)ccc23)cc1. The first-order valence-electron chi connectivity index (χ1n) is 12.2. The lowest BCUT2D eigenvalue weighted by molar-refractivity contribution is 0.415. The minimum atomic E-state index is 0.878. The van der Waals surface area contributed by atoms with Gasteiger partial charge in [-0.2, -0.15) is 0 Å². The van der Waals surface area contributed by atoms with Crippen molar-refractivity contribution < 1.29 is 9.47 Å². The minimum absolute atomic E-state index is 0.878. The lowest BCUT2D eigenvalue weighted by Crippen LogP contribution is -2.21. The van der Waals surface area contributed by atoms with Gasteiger partial charge in [-0.25, -0.2) is 0 Å². The highest BCUT2D eigenvalue weighted by molar-refractivity contribution is 7.22. The molecule has 3 nitrogen and oxygen atoms in total. The Morgan fingerprint density at radius 2 is 1.41 bits per heavy atom. The summed E-state index contributed by atoms with van der Waals surface area (Å²) in [5.74, 6) is 1.78. The molecule has 0 spiro atoms. The molecule has 0 atom stereocenters. The number of rotatable bonds is 6. The molecule has 1 aliphatic heterocycles. The van der Waals surface area contributed by atoms with Crippen molar-refractivity contribution in [1.82, 2.24) is 5.32 Å². The molecule has 0 radical (unpaired) electrons. The average molecular weight is 474 g/mol. The second-order valence-electron chi connectivity index (χ2n) is 8.66. The van der Waals surface area contributed by atoms with Crippen molar-refractivity contribution in [2.24, 2.45) is 0 Å². The van der Waals surface area contributed by atoms with E-state index in [1.807, 2.05) is 23.5 Å².